The summed E-state index contributed by atoms with van der Waals surface area (Å²) in [5, 5.41) is 5.18. The Labute approximate surface area is 146 Å². The van der Waals surface area contributed by atoms with Crippen molar-refractivity contribution in [2.75, 3.05) is 6.54 Å². The van der Waals surface area contributed by atoms with Gasteiger partial charge in [-0.1, -0.05) is 36.2 Å². The first kappa shape index (κ1) is 15.9. The van der Waals surface area contributed by atoms with Gasteiger partial charge in [-0.3, -0.25) is 4.79 Å². The number of aromatic nitrogens is 3. The number of amides is 1. The number of para-hydroxylation sites is 1. The molecule has 4 rings (SSSR count). The smallest absolute Gasteiger partial charge is 0.227 e. The SMILES string of the molecule is Cc1nc(C2CCCCCN2C(=O)Cc2c[nH]c3ccccc23)no1. The number of likely N-dealkylation sites (tertiary alicyclic amines) is 1. The van der Waals surface area contributed by atoms with E-state index in [4.69, 9.17) is 4.52 Å². The first-order chi connectivity index (χ1) is 12.2. The van der Waals surface area contributed by atoms with E-state index in [9.17, 15) is 4.79 Å². The fourth-order valence-electron chi connectivity index (χ4n) is 3.67. The normalized spacial score (nSPS) is 18.4. The lowest BCUT2D eigenvalue weighted by atomic mass is 10.1. The summed E-state index contributed by atoms with van der Waals surface area (Å²) in [5.74, 6) is 1.30. The fraction of sp³-hybridized carbons (Fsp3) is 0.421. The minimum atomic E-state index is -0.0855. The molecule has 0 saturated carbocycles. The van der Waals surface area contributed by atoms with Gasteiger partial charge in [-0.05, 0) is 24.5 Å². The van der Waals surface area contributed by atoms with Crippen LogP contribution in [0.15, 0.2) is 35.0 Å². The van der Waals surface area contributed by atoms with E-state index in [0.29, 0.717) is 18.1 Å². The zero-order valence-electron chi connectivity index (χ0n) is 14.4. The highest BCUT2D eigenvalue weighted by Crippen LogP contribution is 2.29. The van der Waals surface area contributed by atoms with Gasteiger partial charge in [0.25, 0.3) is 0 Å². The van der Waals surface area contributed by atoms with Crippen molar-refractivity contribution >= 4 is 16.8 Å². The number of hydrogen-bond donors (Lipinski definition) is 1. The van der Waals surface area contributed by atoms with Gasteiger partial charge >= 0.3 is 0 Å². The van der Waals surface area contributed by atoms with Crippen molar-refractivity contribution in [3.05, 3.63) is 47.7 Å². The zero-order chi connectivity index (χ0) is 17.2. The summed E-state index contributed by atoms with van der Waals surface area (Å²) >= 11 is 0. The Bertz CT molecular complexity index is 882. The predicted octanol–water partition coefficient (Wildman–Crippen LogP) is 3.55. The zero-order valence-corrected chi connectivity index (χ0v) is 14.4. The van der Waals surface area contributed by atoms with E-state index in [-0.39, 0.29) is 11.9 Å². The quantitative estimate of drug-likeness (QED) is 0.792. The molecule has 0 bridgehead atoms. The van der Waals surface area contributed by atoms with Crippen LogP contribution in [-0.2, 0) is 11.2 Å². The number of carbonyl (C=O) groups is 1. The van der Waals surface area contributed by atoms with Crippen LogP contribution in [0.1, 0.15) is 49.0 Å². The van der Waals surface area contributed by atoms with Crippen molar-refractivity contribution < 1.29 is 9.32 Å². The molecule has 1 amide bonds. The first-order valence-corrected chi connectivity index (χ1v) is 8.87. The second-order valence-electron chi connectivity index (χ2n) is 6.66. The van der Waals surface area contributed by atoms with E-state index < -0.39 is 0 Å². The average molecular weight is 338 g/mol. The largest absolute Gasteiger partial charge is 0.361 e. The number of nitrogens with zero attached hydrogens (tertiary/aromatic N) is 3. The van der Waals surface area contributed by atoms with E-state index in [2.05, 4.69) is 21.2 Å². The van der Waals surface area contributed by atoms with Gasteiger partial charge in [0, 0.05) is 30.6 Å². The number of fused-ring (bicyclic) bond motifs is 1. The molecule has 25 heavy (non-hydrogen) atoms. The van der Waals surface area contributed by atoms with Gasteiger partial charge in [-0.25, -0.2) is 0 Å². The summed E-state index contributed by atoms with van der Waals surface area (Å²) in [6.45, 7) is 2.53. The molecule has 130 valence electrons. The summed E-state index contributed by atoms with van der Waals surface area (Å²) in [4.78, 5) is 22.6. The monoisotopic (exact) mass is 338 g/mol. The molecular weight excluding hydrogens is 316 g/mol. The van der Waals surface area contributed by atoms with Crippen LogP contribution >= 0.6 is 0 Å². The van der Waals surface area contributed by atoms with Gasteiger partial charge in [0.2, 0.25) is 11.8 Å². The summed E-state index contributed by atoms with van der Waals surface area (Å²) in [6.07, 6.45) is 6.44. The Morgan fingerprint density at radius 1 is 1.32 bits per heavy atom. The molecular formula is C19H22N4O2. The van der Waals surface area contributed by atoms with Gasteiger partial charge in [-0.2, -0.15) is 4.98 Å². The minimum absolute atomic E-state index is 0.0855. The molecule has 2 aromatic heterocycles. The van der Waals surface area contributed by atoms with E-state index >= 15 is 0 Å². The van der Waals surface area contributed by atoms with Crippen LogP contribution in [0.3, 0.4) is 0 Å². The van der Waals surface area contributed by atoms with Gasteiger partial charge in [0.15, 0.2) is 5.82 Å². The Balaban J connectivity index is 1.59. The molecule has 0 aliphatic carbocycles. The van der Waals surface area contributed by atoms with Gasteiger partial charge in [0.05, 0.1) is 12.5 Å². The van der Waals surface area contributed by atoms with E-state index in [1.165, 1.54) is 0 Å². The van der Waals surface area contributed by atoms with Crippen LogP contribution in [0.4, 0.5) is 0 Å². The summed E-state index contributed by atoms with van der Waals surface area (Å²) in [7, 11) is 0. The molecule has 0 radical (unpaired) electrons. The molecule has 6 heteroatoms. The average Bonchev–Trinajstić information content (AvgIpc) is 3.14. The number of nitrogens with one attached hydrogen (secondary N) is 1. The number of benzene rings is 1. The fourth-order valence-corrected chi connectivity index (χ4v) is 3.67. The number of hydrogen-bond acceptors (Lipinski definition) is 4. The molecule has 6 nitrogen and oxygen atoms in total. The van der Waals surface area contributed by atoms with Gasteiger partial charge < -0.3 is 14.4 Å². The molecule has 1 atom stereocenters. The lowest BCUT2D eigenvalue weighted by Crippen LogP contribution is -2.36. The molecule has 1 aliphatic rings. The van der Waals surface area contributed by atoms with Crippen molar-refractivity contribution in [3.8, 4) is 0 Å². The van der Waals surface area contributed by atoms with Crippen molar-refractivity contribution in [2.24, 2.45) is 0 Å². The first-order valence-electron chi connectivity index (χ1n) is 8.87. The molecule has 3 aromatic rings. The number of aryl methyl sites for hydroxylation is 1. The number of rotatable bonds is 3. The Morgan fingerprint density at radius 3 is 3.04 bits per heavy atom. The maximum Gasteiger partial charge on any atom is 0.227 e. The minimum Gasteiger partial charge on any atom is -0.361 e. The highest BCUT2D eigenvalue weighted by atomic mass is 16.5. The van der Waals surface area contributed by atoms with Crippen LogP contribution in [0, 0.1) is 6.92 Å². The van der Waals surface area contributed by atoms with Crippen LogP contribution < -0.4 is 0 Å². The van der Waals surface area contributed by atoms with E-state index in [0.717, 1.165) is 48.7 Å². The van der Waals surface area contributed by atoms with Crippen molar-refractivity contribution in [1.29, 1.82) is 0 Å². The van der Waals surface area contributed by atoms with Crippen molar-refractivity contribution in [3.63, 3.8) is 0 Å². The lowest BCUT2D eigenvalue weighted by molar-refractivity contribution is -0.133. The number of H-pyrrole nitrogens is 1. The van der Waals surface area contributed by atoms with Crippen LogP contribution in [0.2, 0.25) is 0 Å². The Kier molecular flexibility index (Phi) is 4.26. The molecule has 1 aliphatic heterocycles. The molecule has 0 spiro atoms. The molecule has 1 fully saturated rings. The summed E-state index contributed by atoms with van der Waals surface area (Å²) in [6, 6.07) is 7.99. The van der Waals surface area contributed by atoms with E-state index in [1.54, 1.807) is 6.92 Å². The third-order valence-corrected chi connectivity index (χ3v) is 4.93. The van der Waals surface area contributed by atoms with Crippen molar-refractivity contribution in [1.82, 2.24) is 20.0 Å². The second-order valence-corrected chi connectivity index (χ2v) is 6.66. The highest BCUT2D eigenvalue weighted by Gasteiger charge is 2.30. The maximum absolute atomic E-state index is 13.1. The van der Waals surface area contributed by atoms with Crippen molar-refractivity contribution in [2.45, 2.75) is 45.1 Å². The summed E-state index contributed by atoms with van der Waals surface area (Å²) in [5.41, 5.74) is 2.10. The molecule has 3 heterocycles. The third-order valence-electron chi connectivity index (χ3n) is 4.93. The number of carbonyl (C=O) groups excluding carboxylic acids is 1. The second kappa shape index (κ2) is 6.70. The topological polar surface area (TPSA) is 75.0 Å². The Morgan fingerprint density at radius 2 is 2.20 bits per heavy atom. The third kappa shape index (κ3) is 3.16. The highest BCUT2D eigenvalue weighted by molar-refractivity contribution is 5.89. The lowest BCUT2D eigenvalue weighted by Gasteiger charge is -2.27. The molecule has 1 saturated heterocycles. The maximum atomic E-state index is 13.1. The molecule has 1 aromatic carbocycles. The Hall–Kier alpha value is -2.63. The van der Waals surface area contributed by atoms with Crippen LogP contribution in [0.25, 0.3) is 10.9 Å². The molecule has 1 N–H and O–H groups in total. The summed E-state index contributed by atoms with van der Waals surface area (Å²) < 4.78 is 5.15. The molecule has 1 unspecified atom stereocenters. The predicted molar refractivity (Wildman–Crippen MR) is 94.0 cm³/mol. The number of aromatic amines is 1. The van der Waals surface area contributed by atoms with Gasteiger partial charge in [0.1, 0.15) is 0 Å². The standard InChI is InChI=1S/C19H22N4O2/c1-13-21-19(22-25-13)17-9-3-2-6-10-23(17)18(24)11-14-12-20-16-8-5-4-7-15(14)16/h4-5,7-8,12,17,20H,2-3,6,9-11H2,1H3. The van der Waals surface area contributed by atoms with Gasteiger partial charge in [-0.15, -0.1) is 0 Å². The van der Waals surface area contributed by atoms with Crippen LogP contribution in [-0.4, -0.2) is 32.5 Å². The van der Waals surface area contributed by atoms with E-state index in [1.807, 2.05) is 29.3 Å². The van der Waals surface area contributed by atoms with Crippen LogP contribution in [0.5, 0.6) is 0 Å².